The van der Waals surface area contributed by atoms with Crippen LogP contribution in [0.5, 0.6) is 0 Å². The van der Waals surface area contributed by atoms with E-state index >= 15 is 0 Å². The second-order valence-electron chi connectivity index (χ2n) is 7.45. The molecule has 2 fully saturated rings. The Bertz CT molecular complexity index is 354. The third kappa shape index (κ3) is 4.85. The van der Waals surface area contributed by atoms with Crippen molar-refractivity contribution >= 4 is 6.09 Å². The van der Waals surface area contributed by atoms with Crippen molar-refractivity contribution < 1.29 is 14.6 Å². The van der Waals surface area contributed by atoms with Crippen molar-refractivity contribution in [2.75, 3.05) is 26.2 Å². The summed E-state index contributed by atoms with van der Waals surface area (Å²) in [5, 5.41) is 12.9. The average molecular weight is 298 g/mol. The number of nitrogens with one attached hydrogen (secondary N) is 1. The topological polar surface area (TPSA) is 61.8 Å². The fourth-order valence-electron chi connectivity index (χ4n) is 3.36. The Labute approximate surface area is 128 Å². The van der Waals surface area contributed by atoms with Gasteiger partial charge >= 0.3 is 6.09 Å². The summed E-state index contributed by atoms with van der Waals surface area (Å²) in [6, 6.07) is 0.359. The Hall–Kier alpha value is -0.810. The fourth-order valence-corrected chi connectivity index (χ4v) is 3.36. The molecule has 2 aliphatic rings. The van der Waals surface area contributed by atoms with Crippen molar-refractivity contribution in [1.82, 2.24) is 10.2 Å². The largest absolute Gasteiger partial charge is 0.444 e. The Balaban J connectivity index is 1.71. The van der Waals surface area contributed by atoms with E-state index in [0.717, 1.165) is 32.5 Å². The van der Waals surface area contributed by atoms with E-state index < -0.39 is 5.60 Å². The molecule has 3 atom stereocenters. The molecule has 1 saturated carbocycles. The standard InChI is InChI=1S/C16H30N2O3/c1-16(2,3)21-15(20)18-8-7-14(10-18)17-9-12-5-4-6-13(12)11-19/h12-14,17,19H,4-11H2,1-3H3. The Morgan fingerprint density at radius 2 is 2.00 bits per heavy atom. The van der Waals surface area contributed by atoms with E-state index in [1.165, 1.54) is 12.8 Å². The maximum Gasteiger partial charge on any atom is 0.410 e. The van der Waals surface area contributed by atoms with Crippen LogP contribution in [0, 0.1) is 11.8 Å². The highest BCUT2D eigenvalue weighted by molar-refractivity contribution is 5.68. The minimum Gasteiger partial charge on any atom is -0.444 e. The lowest BCUT2D eigenvalue weighted by molar-refractivity contribution is 0.0290. The van der Waals surface area contributed by atoms with Crippen LogP contribution in [0.4, 0.5) is 4.79 Å². The predicted octanol–water partition coefficient (Wildman–Crippen LogP) is 1.99. The van der Waals surface area contributed by atoms with Crippen molar-refractivity contribution in [2.45, 2.75) is 58.1 Å². The summed E-state index contributed by atoms with van der Waals surface area (Å²) in [6.07, 6.45) is 4.36. The molecule has 5 nitrogen and oxygen atoms in total. The third-order valence-electron chi connectivity index (χ3n) is 4.56. The van der Waals surface area contributed by atoms with E-state index in [1.807, 2.05) is 20.8 Å². The molecule has 0 aromatic carbocycles. The summed E-state index contributed by atoms with van der Waals surface area (Å²) in [6.45, 7) is 8.44. The van der Waals surface area contributed by atoms with Gasteiger partial charge in [0.2, 0.25) is 0 Å². The highest BCUT2D eigenvalue weighted by Gasteiger charge is 2.31. The number of carbonyl (C=O) groups is 1. The van der Waals surface area contributed by atoms with E-state index in [2.05, 4.69) is 5.32 Å². The quantitative estimate of drug-likeness (QED) is 0.833. The number of amides is 1. The smallest absolute Gasteiger partial charge is 0.410 e. The molecule has 5 heteroatoms. The lowest BCUT2D eigenvalue weighted by Crippen LogP contribution is -2.40. The van der Waals surface area contributed by atoms with Crippen LogP contribution in [0.1, 0.15) is 46.5 Å². The van der Waals surface area contributed by atoms with Crippen LogP contribution in [0.15, 0.2) is 0 Å². The van der Waals surface area contributed by atoms with Gasteiger partial charge in [-0.25, -0.2) is 4.79 Å². The molecule has 1 heterocycles. The molecule has 122 valence electrons. The molecule has 21 heavy (non-hydrogen) atoms. The molecule has 1 aliphatic carbocycles. The van der Waals surface area contributed by atoms with E-state index in [1.54, 1.807) is 4.90 Å². The molecular weight excluding hydrogens is 268 g/mol. The molecule has 0 spiro atoms. The first kappa shape index (κ1) is 16.6. The number of hydrogen-bond acceptors (Lipinski definition) is 4. The van der Waals surface area contributed by atoms with E-state index in [-0.39, 0.29) is 6.09 Å². The number of aliphatic hydroxyl groups excluding tert-OH is 1. The van der Waals surface area contributed by atoms with Gasteiger partial charge in [0.15, 0.2) is 0 Å². The number of nitrogens with zero attached hydrogens (tertiary/aromatic N) is 1. The van der Waals surface area contributed by atoms with Crippen LogP contribution in [0.3, 0.4) is 0 Å². The van der Waals surface area contributed by atoms with E-state index in [4.69, 9.17) is 4.74 Å². The zero-order valence-electron chi connectivity index (χ0n) is 13.6. The summed E-state index contributed by atoms with van der Waals surface area (Å²) in [5.41, 5.74) is -0.430. The number of ether oxygens (including phenoxy) is 1. The van der Waals surface area contributed by atoms with Crippen LogP contribution in [0.2, 0.25) is 0 Å². The second kappa shape index (κ2) is 6.97. The number of aliphatic hydroxyl groups is 1. The van der Waals surface area contributed by atoms with Crippen LogP contribution in [0.25, 0.3) is 0 Å². The molecule has 0 aromatic rings. The minimum absolute atomic E-state index is 0.207. The number of rotatable bonds is 4. The Kier molecular flexibility index (Phi) is 5.49. The predicted molar refractivity (Wildman–Crippen MR) is 82.1 cm³/mol. The van der Waals surface area contributed by atoms with Gasteiger partial charge in [-0.15, -0.1) is 0 Å². The van der Waals surface area contributed by atoms with E-state index in [9.17, 15) is 9.90 Å². The van der Waals surface area contributed by atoms with Gasteiger partial charge in [-0.3, -0.25) is 0 Å². The second-order valence-corrected chi connectivity index (χ2v) is 7.45. The highest BCUT2D eigenvalue weighted by Crippen LogP contribution is 2.30. The minimum atomic E-state index is -0.430. The van der Waals surface area contributed by atoms with Crippen LogP contribution in [-0.2, 0) is 4.74 Å². The molecule has 2 rings (SSSR count). The monoisotopic (exact) mass is 298 g/mol. The van der Waals surface area contributed by atoms with Gasteiger partial charge in [-0.05, 0) is 58.4 Å². The first-order chi connectivity index (χ1) is 9.89. The summed E-state index contributed by atoms with van der Waals surface area (Å²) >= 11 is 0. The molecule has 0 aromatic heterocycles. The number of hydrogen-bond donors (Lipinski definition) is 2. The molecular formula is C16H30N2O3. The molecule has 3 unspecified atom stereocenters. The van der Waals surface area contributed by atoms with Crippen molar-refractivity contribution in [3.63, 3.8) is 0 Å². The van der Waals surface area contributed by atoms with Crippen LogP contribution >= 0.6 is 0 Å². The summed E-state index contributed by atoms with van der Waals surface area (Å²) < 4.78 is 5.41. The first-order valence-corrected chi connectivity index (χ1v) is 8.21. The molecule has 1 aliphatic heterocycles. The normalized spacial score (nSPS) is 29.9. The fraction of sp³-hybridized carbons (Fsp3) is 0.938. The van der Waals surface area contributed by atoms with Crippen LogP contribution in [-0.4, -0.2) is 54.0 Å². The van der Waals surface area contributed by atoms with Gasteiger partial charge < -0.3 is 20.1 Å². The van der Waals surface area contributed by atoms with Gasteiger partial charge in [0.1, 0.15) is 5.60 Å². The van der Waals surface area contributed by atoms with Crippen molar-refractivity contribution in [3.8, 4) is 0 Å². The lowest BCUT2D eigenvalue weighted by Gasteiger charge is -2.25. The lowest BCUT2D eigenvalue weighted by atomic mass is 9.96. The van der Waals surface area contributed by atoms with Crippen molar-refractivity contribution in [1.29, 1.82) is 0 Å². The van der Waals surface area contributed by atoms with E-state index in [0.29, 0.717) is 24.5 Å². The van der Waals surface area contributed by atoms with Crippen molar-refractivity contribution in [2.24, 2.45) is 11.8 Å². The molecule has 1 amide bonds. The first-order valence-electron chi connectivity index (χ1n) is 8.21. The van der Waals surface area contributed by atoms with Gasteiger partial charge in [0.25, 0.3) is 0 Å². The van der Waals surface area contributed by atoms with Crippen molar-refractivity contribution in [3.05, 3.63) is 0 Å². The molecule has 0 radical (unpaired) electrons. The maximum absolute atomic E-state index is 12.0. The highest BCUT2D eigenvalue weighted by atomic mass is 16.6. The Morgan fingerprint density at radius 3 is 2.67 bits per heavy atom. The zero-order valence-corrected chi connectivity index (χ0v) is 13.6. The van der Waals surface area contributed by atoms with Gasteiger partial charge in [-0.1, -0.05) is 6.42 Å². The van der Waals surface area contributed by atoms with Gasteiger partial charge in [0, 0.05) is 25.7 Å². The average Bonchev–Trinajstić information content (AvgIpc) is 3.03. The SMILES string of the molecule is CC(C)(C)OC(=O)N1CCC(NCC2CCCC2CO)C1. The zero-order chi connectivity index (χ0) is 15.5. The summed E-state index contributed by atoms with van der Waals surface area (Å²) in [5.74, 6) is 1.05. The van der Waals surface area contributed by atoms with Gasteiger partial charge in [-0.2, -0.15) is 0 Å². The van der Waals surface area contributed by atoms with Crippen LogP contribution < -0.4 is 5.32 Å². The molecule has 0 bridgehead atoms. The number of likely N-dealkylation sites (tertiary alicyclic amines) is 1. The summed E-state index contributed by atoms with van der Waals surface area (Å²) in [4.78, 5) is 13.8. The summed E-state index contributed by atoms with van der Waals surface area (Å²) in [7, 11) is 0. The van der Waals surface area contributed by atoms with Gasteiger partial charge in [0.05, 0.1) is 0 Å². The Morgan fingerprint density at radius 1 is 1.29 bits per heavy atom. The maximum atomic E-state index is 12.0. The molecule has 1 saturated heterocycles. The number of carbonyl (C=O) groups excluding carboxylic acids is 1. The molecule has 2 N–H and O–H groups in total. The third-order valence-corrected chi connectivity index (χ3v) is 4.56.